The van der Waals surface area contributed by atoms with Gasteiger partial charge in [0.2, 0.25) is 11.2 Å². The lowest BCUT2D eigenvalue weighted by atomic mass is 11.0. The molecule has 1 rings (SSSR count). The average molecular weight is 158 g/mol. The third-order valence-electron chi connectivity index (χ3n) is 0.623. The first-order chi connectivity index (χ1) is 4.33. The maximum absolute atomic E-state index is 9.63. The molecule has 0 saturated heterocycles. The van der Waals surface area contributed by atoms with E-state index < -0.39 is 0 Å². The largest absolute Gasteiger partial charge is 0.242 e. The van der Waals surface area contributed by atoms with Gasteiger partial charge >= 0.3 is 0 Å². The minimum Gasteiger partial charge on any atom is -0.225 e. The van der Waals surface area contributed by atoms with Crippen LogP contribution in [0.3, 0.4) is 0 Å². The van der Waals surface area contributed by atoms with Gasteiger partial charge in [0.05, 0.1) is 10.4 Å². The summed E-state index contributed by atoms with van der Waals surface area (Å²) in [6.45, 7) is 0. The van der Waals surface area contributed by atoms with E-state index in [2.05, 4.69) is 22.6 Å². The first kappa shape index (κ1) is 6.48. The van der Waals surface area contributed by atoms with Crippen molar-refractivity contribution in [3.8, 4) is 0 Å². The highest BCUT2D eigenvalue weighted by atomic mass is 32.2. The fourth-order valence-electron chi connectivity index (χ4n) is 0.347. The summed E-state index contributed by atoms with van der Waals surface area (Å²) in [6.07, 6.45) is 2.92. The standard InChI is InChI=1S/C4H2N2OS2/c7-2-6-4-5-1-3(8)9-4/h1,8H. The van der Waals surface area contributed by atoms with Gasteiger partial charge in [-0.1, -0.05) is 11.3 Å². The molecule has 1 aromatic rings. The molecule has 3 nitrogen and oxygen atoms in total. The maximum Gasteiger partial charge on any atom is 0.242 e. The summed E-state index contributed by atoms with van der Waals surface area (Å²) in [7, 11) is 0. The Hall–Kier alpha value is -0.640. The number of hydrogen-bond donors (Lipinski definition) is 1. The zero-order valence-electron chi connectivity index (χ0n) is 4.24. The molecule has 0 aliphatic carbocycles. The number of thiol groups is 1. The van der Waals surface area contributed by atoms with Gasteiger partial charge in [-0.3, -0.25) is 0 Å². The molecule has 1 heterocycles. The van der Waals surface area contributed by atoms with Gasteiger partial charge in [-0.15, -0.1) is 17.6 Å². The molecule has 0 unspecified atom stereocenters. The summed E-state index contributed by atoms with van der Waals surface area (Å²) >= 11 is 5.20. The van der Waals surface area contributed by atoms with E-state index in [4.69, 9.17) is 0 Å². The van der Waals surface area contributed by atoms with Crippen LogP contribution in [-0.2, 0) is 4.79 Å². The number of nitrogens with zero attached hydrogens (tertiary/aromatic N) is 2. The fourth-order valence-corrected chi connectivity index (χ4v) is 1.13. The van der Waals surface area contributed by atoms with Crippen molar-refractivity contribution < 1.29 is 4.79 Å². The molecule has 46 valence electrons. The van der Waals surface area contributed by atoms with Crippen LogP contribution < -0.4 is 0 Å². The van der Waals surface area contributed by atoms with Crippen LogP contribution in [0, 0.1) is 0 Å². The van der Waals surface area contributed by atoms with E-state index in [1.54, 1.807) is 0 Å². The van der Waals surface area contributed by atoms with Crippen LogP contribution in [0.25, 0.3) is 0 Å². The number of aliphatic imine (C=N–C) groups is 1. The molecular weight excluding hydrogens is 156 g/mol. The molecule has 0 saturated carbocycles. The van der Waals surface area contributed by atoms with Crippen molar-refractivity contribution in [2.45, 2.75) is 4.21 Å². The van der Waals surface area contributed by atoms with E-state index in [-0.39, 0.29) is 0 Å². The SMILES string of the molecule is O=C=Nc1ncc(S)s1. The van der Waals surface area contributed by atoms with Crippen molar-refractivity contribution in [2.75, 3.05) is 0 Å². The van der Waals surface area contributed by atoms with Gasteiger partial charge in [-0.25, -0.2) is 9.78 Å². The molecular formula is C4H2N2OS2. The van der Waals surface area contributed by atoms with Gasteiger partial charge in [0.25, 0.3) is 0 Å². The summed E-state index contributed by atoms with van der Waals surface area (Å²) in [4.78, 5) is 16.6. The second kappa shape index (κ2) is 2.77. The lowest BCUT2D eigenvalue weighted by Crippen LogP contribution is -1.54. The second-order valence-electron chi connectivity index (χ2n) is 1.18. The molecule has 5 heteroatoms. The second-order valence-corrected chi connectivity index (χ2v) is 2.98. The molecule has 0 bridgehead atoms. The first-order valence-corrected chi connectivity index (χ1v) is 3.32. The van der Waals surface area contributed by atoms with Crippen molar-refractivity contribution in [3.63, 3.8) is 0 Å². The molecule has 0 amide bonds. The highest BCUT2D eigenvalue weighted by Crippen LogP contribution is 2.22. The molecule has 0 spiro atoms. The molecule has 1 aromatic heterocycles. The Morgan fingerprint density at radius 2 is 2.67 bits per heavy atom. The van der Waals surface area contributed by atoms with Crippen molar-refractivity contribution in [2.24, 2.45) is 4.99 Å². The average Bonchev–Trinajstić information content (AvgIpc) is 2.17. The third kappa shape index (κ3) is 1.64. The number of hydrogen-bond acceptors (Lipinski definition) is 5. The van der Waals surface area contributed by atoms with Crippen LogP contribution >= 0.6 is 24.0 Å². The van der Waals surface area contributed by atoms with E-state index >= 15 is 0 Å². The number of isocyanates is 1. The van der Waals surface area contributed by atoms with E-state index in [0.717, 1.165) is 4.21 Å². The Morgan fingerprint density at radius 3 is 3.11 bits per heavy atom. The molecule has 9 heavy (non-hydrogen) atoms. The van der Waals surface area contributed by atoms with E-state index in [0.29, 0.717) is 5.13 Å². The Labute approximate surface area is 60.9 Å². The van der Waals surface area contributed by atoms with Crippen LogP contribution in [0.2, 0.25) is 0 Å². The van der Waals surface area contributed by atoms with Crippen molar-refractivity contribution in [3.05, 3.63) is 6.20 Å². The zero-order valence-corrected chi connectivity index (χ0v) is 5.95. The fraction of sp³-hybridized carbons (Fsp3) is 0. The highest BCUT2D eigenvalue weighted by Gasteiger charge is 1.93. The molecule has 0 aliphatic rings. The van der Waals surface area contributed by atoms with Gasteiger partial charge in [-0.2, -0.15) is 0 Å². The van der Waals surface area contributed by atoms with Crippen LogP contribution in [0.4, 0.5) is 5.13 Å². The minimum atomic E-state index is 0.398. The van der Waals surface area contributed by atoms with E-state index in [9.17, 15) is 4.79 Å². The lowest BCUT2D eigenvalue weighted by Gasteiger charge is -1.69. The normalized spacial score (nSPS) is 8.56. The highest BCUT2D eigenvalue weighted by molar-refractivity contribution is 7.83. The molecule has 0 N–H and O–H groups in total. The Kier molecular flexibility index (Phi) is 2.00. The third-order valence-corrected chi connectivity index (χ3v) is 1.71. The van der Waals surface area contributed by atoms with E-state index in [1.165, 1.54) is 23.6 Å². The summed E-state index contributed by atoms with van der Waals surface area (Å²) < 4.78 is 0.740. The maximum atomic E-state index is 9.63. The Morgan fingerprint density at radius 1 is 1.89 bits per heavy atom. The summed E-state index contributed by atoms with van der Waals surface area (Å²) in [5.41, 5.74) is 0. The summed E-state index contributed by atoms with van der Waals surface area (Å²) in [5.74, 6) is 0. The minimum absolute atomic E-state index is 0.398. The molecule has 0 aromatic carbocycles. The predicted octanol–water partition coefficient (Wildman–Crippen LogP) is 1.40. The number of thiazole rings is 1. The lowest BCUT2D eigenvalue weighted by molar-refractivity contribution is 0.565. The first-order valence-electron chi connectivity index (χ1n) is 2.05. The van der Waals surface area contributed by atoms with E-state index in [1.807, 2.05) is 0 Å². The Bertz CT molecular complexity index is 251. The quantitative estimate of drug-likeness (QED) is 0.381. The number of carbonyl (C=O) groups excluding carboxylic acids is 1. The molecule has 0 radical (unpaired) electrons. The molecule has 0 atom stereocenters. The van der Waals surface area contributed by atoms with Crippen molar-refractivity contribution in [1.29, 1.82) is 0 Å². The van der Waals surface area contributed by atoms with Crippen LogP contribution in [-0.4, -0.2) is 11.1 Å². The van der Waals surface area contributed by atoms with Gasteiger partial charge in [-0.05, 0) is 0 Å². The van der Waals surface area contributed by atoms with Gasteiger partial charge < -0.3 is 0 Å². The van der Waals surface area contributed by atoms with Crippen molar-refractivity contribution >= 4 is 35.2 Å². The van der Waals surface area contributed by atoms with Crippen LogP contribution in [0.1, 0.15) is 0 Å². The van der Waals surface area contributed by atoms with Gasteiger partial charge in [0, 0.05) is 0 Å². The summed E-state index contributed by atoms with van der Waals surface area (Å²) in [6, 6.07) is 0. The molecule has 0 aliphatic heterocycles. The van der Waals surface area contributed by atoms with Crippen molar-refractivity contribution in [1.82, 2.24) is 4.98 Å². The number of aromatic nitrogens is 1. The number of rotatable bonds is 1. The smallest absolute Gasteiger partial charge is 0.225 e. The predicted molar refractivity (Wildman–Crippen MR) is 37.1 cm³/mol. The van der Waals surface area contributed by atoms with Crippen LogP contribution in [0.15, 0.2) is 15.4 Å². The Balaban J connectivity index is 2.97. The monoisotopic (exact) mass is 158 g/mol. The van der Waals surface area contributed by atoms with Crippen LogP contribution in [0.5, 0.6) is 0 Å². The van der Waals surface area contributed by atoms with Gasteiger partial charge in [0.15, 0.2) is 0 Å². The summed E-state index contributed by atoms with van der Waals surface area (Å²) in [5, 5.41) is 0.398. The topological polar surface area (TPSA) is 42.3 Å². The van der Waals surface area contributed by atoms with Gasteiger partial charge in [0.1, 0.15) is 0 Å². The molecule has 0 fully saturated rings. The zero-order chi connectivity index (χ0) is 6.69.